The molecule has 1 aromatic heterocycles. The standard InChI is InChI=1S/C13H15FN2O/c1-3-16-8-15-7-12(16)13(17)10-4-9(2)5-11(14)6-10/h4-8,13,17H,3H2,1-2H3. The smallest absolute Gasteiger partial charge is 0.123 e. The molecule has 0 saturated carbocycles. The number of aliphatic hydroxyl groups is 1. The second kappa shape index (κ2) is 4.67. The van der Waals surface area contributed by atoms with Gasteiger partial charge < -0.3 is 9.67 Å². The molecule has 2 rings (SSSR count). The molecule has 0 aliphatic heterocycles. The summed E-state index contributed by atoms with van der Waals surface area (Å²) in [6.45, 7) is 4.49. The minimum Gasteiger partial charge on any atom is -0.382 e. The molecule has 2 aromatic rings. The van der Waals surface area contributed by atoms with Crippen molar-refractivity contribution < 1.29 is 9.50 Å². The average molecular weight is 234 g/mol. The van der Waals surface area contributed by atoms with Gasteiger partial charge in [0.05, 0.1) is 18.2 Å². The number of benzene rings is 1. The van der Waals surface area contributed by atoms with Crippen molar-refractivity contribution in [1.82, 2.24) is 9.55 Å². The van der Waals surface area contributed by atoms with Crippen LogP contribution in [0.3, 0.4) is 0 Å². The number of nitrogens with zero attached hydrogens (tertiary/aromatic N) is 2. The Hall–Kier alpha value is -1.68. The van der Waals surface area contributed by atoms with Crippen LogP contribution in [0.2, 0.25) is 0 Å². The number of imidazole rings is 1. The Morgan fingerprint density at radius 1 is 1.41 bits per heavy atom. The van der Waals surface area contributed by atoms with E-state index in [1.54, 1.807) is 25.5 Å². The van der Waals surface area contributed by atoms with Crippen molar-refractivity contribution in [3.63, 3.8) is 0 Å². The summed E-state index contributed by atoms with van der Waals surface area (Å²) < 4.78 is 15.1. The van der Waals surface area contributed by atoms with E-state index in [2.05, 4.69) is 4.98 Å². The van der Waals surface area contributed by atoms with Crippen LogP contribution in [-0.2, 0) is 6.54 Å². The summed E-state index contributed by atoms with van der Waals surface area (Å²) in [4.78, 5) is 3.99. The minimum atomic E-state index is -0.841. The van der Waals surface area contributed by atoms with Gasteiger partial charge >= 0.3 is 0 Å². The molecule has 0 saturated heterocycles. The SMILES string of the molecule is CCn1cncc1C(O)c1cc(C)cc(F)c1. The van der Waals surface area contributed by atoms with Crippen molar-refractivity contribution >= 4 is 0 Å². The molecule has 0 spiro atoms. The Morgan fingerprint density at radius 2 is 2.18 bits per heavy atom. The average Bonchev–Trinajstić information content (AvgIpc) is 2.74. The summed E-state index contributed by atoms with van der Waals surface area (Å²) in [5, 5.41) is 10.2. The van der Waals surface area contributed by atoms with Crippen LogP contribution in [0, 0.1) is 12.7 Å². The largest absolute Gasteiger partial charge is 0.382 e. The van der Waals surface area contributed by atoms with E-state index in [9.17, 15) is 9.50 Å². The second-order valence-corrected chi connectivity index (χ2v) is 4.07. The molecule has 90 valence electrons. The highest BCUT2D eigenvalue weighted by Gasteiger charge is 2.15. The third-order valence-corrected chi connectivity index (χ3v) is 2.75. The lowest BCUT2D eigenvalue weighted by molar-refractivity contribution is 0.209. The van der Waals surface area contributed by atoms with Gasteiger partial charge in [0.15, 0.2) is 0 Å². The molecule has 0 amide bonds. The first kappa shape index (κ1) is 11.8. The Kier molecular flexibility index (Phi) is 3.24. The maximum absolute atomic E-state index is 13.3. The van der Waals surface area contributed by atoms with Crippen molar-refractivity contribution in [3.8, 4) is 0 Å². The highest BCUT2D eigenvalue weighted by atomic mass is 19.1. The maximum Gasteiger partial charge on any atom is 0.123 e. The van der Waals surface area contributed by atoms with Gasteiger partial charge in [-0.15, -0.1) is 0 Å². The van der Waals surface area contributed by atoms with Gasteiger partial charge in [0.2, 0.25) is 0 Å². The van der Waals surface area contributed by atoms with Gasteiger partial charge in [-0.2, -0.15) is 0 Å². The highest BCUT2D eigenvalue weighted by Crippen LogP contribution is 2.23. The van der Waals surface area contributed by atoms with Crippen LogP contribution in [0.4, 0.5) is 4.39 Å². The summed E-state index contributed by atoms with van der Waals surface area (Å²) in [7, 11) is 0. The van der Waals surface area contributed by atoms with Gasteiger partial charge in [0.1, 0.15) is 11.9 Å². The molecule has 1 atom stereocenters. The lowest BCUT2D eigenvalue weighted by Crippen LogP contribution is -2.07. The number of hydrogen-bond acceptors (Lipinski definition) is 2. The van der Waals surface area contributed by atoms with Crippen molar-refractivity contribution in [1.29, 1.82) is 0 Å². The summed E-state index contributed by atoms with van der Waals surface area (Å²) in [5.41, 5.74) is 2.02. The number of halogens is 1. The maximum atomic E-state index is 13.3. The van der Waals surface area contributed by atoms with Crippen LogP contribution >= 0.6 is 0 Å². The fraction of sp³-hybridized carbons (Fsp3) is 0.308. The van der Waals surface area contributed by atoms with Crippen molar-refractivity contribution in [2.45, 2.75) is 26.5 Å². The Balaban J connectivity index is 2.39. The molecule has 0 fully saturated rings. The van der Waals surface area contributed by atoms with Crippen LogP contribution < -0.4 is 0 Å². The van der Waals surface area contributed by atoms with Gasteiger partial charge in [-0.05, 0) is 37.1 Å². The molecular weight excluding hydrogens is 219 g/mol. The van der Waals surface area contributed by atoms with E-state index < -0.39 is 6.10 Å². The first-order valence-electron chi connectivity index (χ1n) is 5.57. The van der Waals surface area contributed by atoms with Crippen molar-refractivity contribution in [3.05, 3.63) is 53.4 Å². The Morgan fingerprint density at radius 3 is 2.82 bits per heavy atom. The summed E-state index contributed by atoms with van der Waals surface area (Å²) in [5.74, 6) is -0.332. The quantitative estimate of drug-likeness (QED) is 0.885. The molecule has 0 bridgehead atoms. The number of aryl methyl sites for hydroxylation is 2. The fourth-order valence-electron chi connectivity index (χ4n) is 1.92. The fourth-order valence-corrected chi connectivity index (χ4v) is 1.92. The molecule has 3 nitrogen and oxygen atoms in total. The monoisotopic (exact) mass is 234 g/mol. The van der Waals surface area contributed by atoms with E-state index in [1.165, 1.54) is 12.1 Å². The molecule has 1 unspecified atom stereocenters. The molecule has 0 radical (unpaired) electrons. The van der Waals surface area contributed by atoms with E-state index in [0.29, 0.717) is 11.3 Å². The van der Waals surface area contributed by atoms with Crippen LogP contribution in [0.25, 0.3) is 0 Å². The van der Waals surface area contributed by atoms with Crippen molar-refractivity contribution in [2.75, 3.05) is 0 Å². The lowest BCUT2D eigenvalue weighted by Gasteiger charge is -2.13. The lowest BCUT2D eigenvalue weighted by atomic mass is 10.0. The molecule has 1 aromatic carbocycles. The van der Waals surface area contributed by atoms with Gasteiger partial charge in [-0.25, -0.2) is 9.37 Å². The van der Waals surface area contributed by atoms with Crippen LogP contribution in [0.1, 0.15) is 29.8 Å². The normalized spacial score (nSPS) is 12.7. The van der Waals surface area contributed by atoms with Gasteiger partial charge in [-0.3, -0.25) is 0 Å². The molecule has 1 N–H and O–H groups in total. The Bertz CT molecular complexity index is 502. The zero-order valence-electron chi connectivity index (χ0n) is 9.89. The molecule has 0 aliphatic rings. The van der Waals surface area contributed by atoms with E-state index >= 15 is 0 Å². The topological polar surface area (TPSA) is 38.0 Å². The minimum absolute atomic E-state index is 0.332. The number of hydrogen-bond donors (Lipinski definition) is 1. The van der Waals surface area contributed by atoms with E-state index in [1.807, 2.05) is 11.5 Å². The van der Waals surface area contributed by atoms with Crippen LogP contribution in [0.15, 0.2) is 30.7 Å². The third kappa shape index (κ3) is 2.36. The van der Waals surface area contributed by atoms with Gasteiger partial charge in [-0.1, -0.05) is 6.07 Å². The number of rotatable bonds is 3. The summed E-state index contributed by atoms with van der Waals surface area (Å²) in [6, 6.07) is 4.57. The second-order valence-electron chi connectivity index (χ2n) is 4.07. The van der Waals surface area contributed by atoms with Gasteiger partial charge in [0.25, 0.3) is 0 Å². The zero-order valence-corrected chi connectivity index (χ0v) is 9.89. The number of aliphatic hydroxyl groups excluding tert-OH is 1. The molecular formula is C13H15FN2O. The van der Waals surface area contributed by atoms with E-state index in [4.69, 9.17) is 0 Å². The van der Waals surface area contributed by atoms with Crippen LogP contribution in [-0.4, -0.2) is 14.7 Å². The zero-order chi connectivity index (χ0) is 12.4. The molecule has 4 heteroatoms. The third-order valence-electron chi connectivity index (χ3n) is 2.75. The first-order valence-corrected chi connectivity index (χ1v) is 5.57. The van der Waals surface area contributed by atoms with E-state index in [0.717, 1.165) is 12.1 Å². The predicted molar refractivity (Wildman–Crippen MR) is 63.1 cm³/mol. The predicted octanol–water partition coefficient (Wildman–Crippen LogP) is 2.43. The molecule has 0 aliphatic carbocycles. The van der Waals surface area contributed by atoms with Crippen molar-refractivity contribution in [2.24, 2.45) is 0 Å². The molecule has 17 heavy (non-hydrogen) atoms. The van der Waals surface area contributed by atoms with Gasteiger partial charge in [0, 0.05) is 6.54 Å². The summed E-state index contributed by atoms with van der Waals surface area (Å²) >= 11 is 0. The Labute approximate surface area is 99.5 Å². The summed E-state index contributed by atoms with van der Waals surface area (Å²) in [6.07, 6.45) is 2.42. The highest BCUT2D eigenvalue weighted by molar-refractivity contribution is 5.29. The van der Waals surface area contributed by atoms with Crippen LogP contribution in [0.5, 0.6) is 0 Å². The molecule has 1 heterocycles. The number of aromatic nitrogens is 2. The van der Waals surface area contributed by atoms with E-state index in [-0.39, 0.29) is 5.82 Å². The first-order chi connectivity index (χ1) is 8.11.